The Kier molecular flexibility index (Phi) is 5.13. The highest BCUT2D eigenvalue weighted by Gasteiger charge is 2.02. The first-order valence-electron chi connectivity index (χ1n) is 5.64. The molecule has 0 aromatic heterocycles. The molecule has 0 amide bonds. The highest BCUT2D eigenvalue weighted by Crippen LogP contribution is 2.08. The molecular weight excluding hydrogens is 182 g/mol. The van der Waals surface area contributed by atoms with Crippen molar-refractivity contribution < 1.29 is 0 Å². The summed E-state index contributed by atoms with van der Waals surface area (Å²) in [6.45, 7) is 5.82. The van der Waals surface area contributed by atoms with Crippen LogP contribution in [0.25, 0.3) is 0 Å². The predicted octanol–water partition coefficient (Wildman–Crippen LogP) is 3.22. The van der Waals surface area contributed by atoms with Crippen LogP contribution >= 0.6 is 0 Å². The lowest BCUT2D eigenvalue weighted by atomic mass is 10.0. The summed E-state index contributed by atoms with van der Waals surface area (Å²) >= 11 is 0. The summed E-state index contributed by atoms with van der Waals surface area (Å²) < 4.78 is 0. The summed E-state index contributed by atoms with van der Waals surface area (Å²) in [4.78, 5) is 0. The molecule has 15 heavy (non-hydrogen) atoms. The third kappa shape index (κ3) is 4.80. The van der Waals surface area contributed by atoms with Crippen molar-refractivity contribution in [3.05, 3.63) is 48.0 Å². The molecule has 0 heterocycles. The topological polar surface area (TPSA) is 26.0 Å². The molecular formula is C14H21N. The highest BCUT2D eigenvalue weighted by molar-refractivity contribution is 5.21. The van der Waals surface area contributed by atoms with Crippen LogP contribution in [0.5, 0.6) is 0 Å². The smallest absolute Gasteiger partial charge is 0.00794 e. The first-order valence-corrected chi connectivity index (χ1v) is 5.64. The number of aryl methyl sites for hydroxylation is 1. The van der Waals surface area contributed by atoms with Gasteiger partial charge in [-0.2, -0.15) is 0 Å². The quantitative estimate of drug-likeness (QED) is 0.557. The Bertz CT molecular complexity index is 287. The number of unbranched alkanes of at least 4 members (excludes halogenated alkanes) is 1. The van der Waals surface area contributed by atoms with Crippen molar-refractivity contribution in [1.82, 2.24) is 0 Å². The maximum atomic E-state index is 6.05. The molecule has 1 aromatic carbocycles. The summed E-state index contributed by atoms with van der Waals surface area (Å²) in [5.41, 5.74) is 8.69. The largest absolute Gasteiger partial charge is 0.327 e. The van der Waals surface area contributed by atoms with E-state index in [1.165, 1.54) is 11.1 Å². The average Bonchev–Trinajstić information content (AvgIpc) is 2.22. The van der Waals surface area contributed by atoms with Crippen molar-refractivity contribution in [2.45, 2.75) is 38.6 Å². The number of rotatable bonds is 6. The van der Waals surface area contributed by atoms with Gasteiger partial charge in [-0.05, 0) is 38.2 Å². The van der Waals surface area contributed by atoms with Gasteiger partial charge < -0.3 is 5.73 Å². The summed E-state index contributed by atoms with van der Waals surface area (Å²) in [6, 6.07) is 8.91. The molecule has 0 aliphatic rings. The van der Waals surface area contributed by atoms with Crippen LogP contribution in [-0.2, 0) is 6.42 Å². The molecule has 0 spiro atoms. The molecule has 0 aliphatic carbocycles. The minimum atomic E-state index is 0.285. The molecule has 0 aliphatic heterocycles. The summed E-state index contributed by atoms with van der Waals surface area (Å²) in [6.07, 6.45) is 6.24. The van der Waals surface area contributed by atoms with Gasteiger partial charge in [-0.25, -0.2) is 0 Å². The summed E-state index contributed by atoms with van der Waals surface area (Å²) in [5, 5.41) is 0. The van der Waals surface area contributed by atoms with Crippen LogP contribution in [-0.4, -0.2) is 6.04 Å². The van der Waals surface area contributed by atoms with Crippen molar-refractivity contribution >= 4 is 0 Å². The van der Waals surface area contributed by atoms with Crippen LogP contribution < -0.4 is 5.73 Å². The predicted molar refractivity (Wildman–Crippen MR) is 66.9 cm³/mol. The Morgan fingerprint density at radius 2 is 2.00 bits per heavy atom. The molecule has 0 saturated carbocycles. The Labute approximate surface area is 93.0 Å². The van der Waals surface area contributed by atoms with Gasteiger partial charge in [-0.15, -0.1) is 6.58 Å². The van der Waals surface area contributed by atoms with Crippen LogP contribution in [0.4, 0.5) is 0 Å². The molecule has 1 atom stereocenters. The van der Waals surface area contributed by atoms with Gasteiger partial charge in [0, 0.05) is 6.04 Å². The number of hydrogen-bond acceptors (Lipinski definition) is 1. The first-order chi connectivity index (χ1) is 7.22. The third-order valence-electron chi connectivity index (χ3n) is 2.60. The second-order valence-electron chi connectivity index (χ2n) is 4.17. The maximum Gasteiger partial charge on any atom is 0.00794 e. The Hall–Kier alpha value is -1.08. The fourth-order valence-corrected chi connectivity index (χ4v) is 1.65. The molecule has 0 saturated heterocycles. The molecule has 1 unspecified atom stereocenters. The SMILES string of the molecule is C=CCCCC(N)Cc1ccc(C)cc1. The van der Waals surface area contributed by atoms with E-state index in [9.17, 15) is 0 Å². The van der Waals surface area contributed by atoms with Crippen molar-refractivity contribution in [2.24, 2.45) is 5.73 Å². The van der Waals surface area contributed by atoms with Gasteiger partial charge in [0.1, 0.15) is 0 Å². The van der Waals surface area contributed by atoms with Crippen molar-refractivity contribution in [2.75, 3.05) is 0 Å². The van der Waals surface area contributed by atoms with Gasteiger partial charge >= 0.3 is 0 Å². The zero-order valence-corrected chi connectivity index (χ0v) is 9.58. The van der Waals surface area contributed by atoms with Gasteiger partial charge in [-0.3, -0.25) is 0 Å². The Morgan fingerprint density at radius 3 is 2.60 bits per heavy atom. The van der Waals surface area contributed by atoms with Crippen LogP contribution in [0, 0.1) is 6.92 Å². The first kappa shape index (κ1) is 12.0. The minimum Gasteiger partial charge on any atom is -0.327 e. The van der Waals surface area contributed by atoms with E-state index in [1.807, 2.05) is 6.08 Å². The van der Waals surface area contributed by atoms with E-state index in [0.717, 1.165) is 25.7 Å². The van der Waals surface area contributed by atoms with E-state index >= 15 is 0 Å². The average molecular weight is 203 g/mol. The van der Waals surface area contributed by atoms with Gasteiger partial charge in [0.15, 0.2) is 0 Å². The summed E-state index contributed by atoms with van der Waals surface area (Å²) in [7, 11) is 0. The van der Waals surface area contributed by atoms with Crippen LogP contribution in [0.15, 0.2) is 36.9 Å². The molecule has 2 N–H and O–H groups in total. The lowest BCUT2D eigenvalue weighted by Crippen LogP contribution is -2.22. The van der Waals surface area contributed by atoms with Gasteiger partial charge in [-0.1, -0.05) is 35.9 Å². The number of allylic oxidation sites excluding steroid dienone is 1. The van der Waals surface area contributed by atoms with Crippen LogP contribution in [0.2, 0.25) is 0 Å². The lowest BCUT2D eigenvalue weighted by Gasteiger charge is -2.10. The molecule has 1 heteroatoms. The van der Waals surface area contributed by atoms with Gasteiger partial charge in [0.05, 0.1) is 0 Å². The third-order valence-corrected chi connectivity index (χ3v) is 2.60. The van der Waals surface area contributed by atoms with Gasteiger partial charge in [0.2, 0.25) is 0 Å². The minimum absolute atomic E-state index is 0.285. The molecule has 0 bridgehead atoms. The van der Waals surface area contributed by atoms with E-state index in [1.54, 1.807) is 0 Å². The van der Waals surface area contributed by atoms with Crippen molar-refractivity contribution in [3.63, 3.8) is 0 Å². The second kappa shape index (κ2) is 6.41. The Balaban J connectivity index is 2.34. The fourth-order valence-electron chi connectivity index (χ4n) is 1.65. The highest BCUT2D eigenvalue weighted by atomic mass is 14.6. The van der Waals surface area contributed by atoms with E-state index in [-0.39, 0.29) is 6.04 Å². The number of benzene rings is 1. The normalized spacial score (nSPS) is 12.4. The molecule has 1 aromatic rings. The van der Waals surface area contributed by atoms with Gasteiger partial charge in [0.25, 0.3) is 0 Å². The molecule has 0 radical (unpaired) electrons. The fraction of sp³-hybridized carbons (Fsp3) is 0.429. The number of hydrogen-bond donors (Lipinski definition) is 1. The van der Waals surface area contributed by atoms with E-state index in [2.05, 4.69) is 37.8 Å². The monoisotopic (exact) mass is 203 g/mol. The standard InChI is InChI=1S/C14H21N/c1-3-4-5-6-14(15)11-13-9-7-12(2)8-10-13/h3,7-10,14H,1,4-6,11,15H2,2H3. The van der Waals surface area contributed by atoms with Crippen molar-refractivity contribution in [3.8, 4) is 0 Å². The van der Waals surface area contributed by atoms with E-state index in [4.69, 9.17) is 5.73 Å². The van der Waals surface area contributed by atoms with E-state index < -0.39 is 0 Å². The van der Waals surface area contributed by atoms with E-state index in [0.29, 0.717) is 0 Å². The van der Waals surface area contributed by atoms with Crippen LogP contribution in [0.3, 0.4) is 0 Å². The molecule has 1 rings (SSSR count). The summed E-state index contributed by atoms with van der Waals surface area (Å²) in [5.74, 6) is 0. The molecule has 82 valence electrons. The zero-order chi connectivity index (χ0) is 11.1. The maximum absolute atomic E-state index is 6.05. The second-order valence-corrected chi connectivity index (χ2v) is 4.17. The number of nitrogens with two attached hydrogens (primary N) is 1. The molecule has 0 fully saturated rings. The molecule has 1 nitrogen and oxygen atoms in total. The lowest BCUT2D eigenvalue weighted by molar-refractivity contribution is 0.584. The zero-order valence-electron chi connectivity index (χ0n) is 9.58. The van der Waals surface area contributed by atoms with Crippen molar-refractivity contribution in [1.29, 1.82) is 0 Å². The van der Waals surface area contributed by atoms with Crippen LogP contribution in [0.1, 0.15) is 30.4 Å². The Morgan fingerprint density at radius 1 is 1.33 bits per heavy atom.